The van der Waals surface area contributed by atoms with Crippen LogP contribution in [-0.4, -0.2) is 41.0 Å². The first-order valence-corrected chi connectivity index (χ1v) is 9.23. The number of carbonyl (C=O) groups excluding carboxylic acids is 1. The zero-order valence-corrected chi connectivity index (χ0v) is 15.7. The predicted molar refractivity (Wildman–Crippen MR) is 103 cm³/mol. The van der Waals surface area contributed by atoms with Gasteiger partial charge in [0, 0.05) is 24.8 Å². The number of rotatable bonds is 5. The fourth-order valence-electron chi connectivity index (χ4n) is 3.21. The molecule has 26 heavy (non-hydrogen) atoms. The highest BCUT2D eigenvalue weighted by molar-refractivity contribution is 5.81. The molecule has 5 nitrogen and oxygen atoms in total. The minimum absolute atomic E-state index is 0.0534. The topological polar surface area (TPSA) is 54.5 Å². The average Bonchev–Trinajstić information content (AvgIpc) is 2.64. The maximum atomic E-state index is 12.6. The molecule has 5 heteroatoms. The molecule has 0 spiro atoms. The van der Waals surface area contributed by atoms with E-state index in [0.29, 0.717) is 6.04 Å². The summed E-state index contributed by atoms with van der Waals surface area (Å²) in [4.78, 5) is 19.0. The summed E-state index contributed by atoms with van der Waals surface area (Å²) in [5.41, 5.74) is 2.18. The van der Waals surface area contributed by atoms with Crippen LogP contribution in [0.4, 0.5) is 5.82 Å². The van der Waals surface area contributed by atoms with Crippen molar-refractivity contribution in [2.24, 2.45) is 0 Å². The lowest BCUT2D eigenvalue weighted by atomic mass is 10.0. The number of carbonyl (C=O) groups is 1. The number of benzene rings is 1. The van der Waals surface area contributed by atoms with Crippen molar-refractivity contribution in [3.8, 4) is 5.75 Å². The molecule has 0 radical (unpaired) electrons. The Bertz CT molecular complexity index is 737. The van der Waals surface area contributed by atoms with Gasteiger partial charge in [0.25, 0.3) is 5.91 Å². The van der Waals surface area contributed by atoms with Gasteiger partial charge in [-0.15, -0.1) is 0 Å². The Morgan fingerprint density at radius 1 is 1.15 bits per heavy atom. The van der Waals surface area contributed by atoms with Crippen molar-refractivity contribution in [2.45, 2.75) is 45.8 Å². The van der Waals surface area contributed by atoms with Crippen LogP contribution in [0, 0.1) is 13.8 Å². The maximum absolute atomic E-state index is 12.6. The Kier molecular flexibility index (Phi) is 5.76. The molecule has 0 bridgehead atoms. The second-order valence-electron chi connectivity index (χ2n) is 6.98. The number of nitrogens with one attached hydrogen (secondary N) is 1. The quantitative estimate of drug-likeness (QED) is 0.893. The number of hydrogen-bond donors (Lipinski definition) is 1. The van der Waals surface area contributed by atoms with Crippen molar-refractivity contribution >= 4 is 11.7 Å². The first kappa shape index (κ1) is 18.2. The molecule has 2 aromatic rings. The molecule has 1 N–H and O–H groups in total. The van der Waals surface area contributed by atoms with Gasteiger partial charge >= 0.3 is 0 Å². The second kappa shape index (κ2) is 8.21. The van der Waals surface area contributed by atoms with Crippen molar-refractivity contribution in [2.75, 3.05) is 18.4 Å². The van der Waals surface area contributed by atoms with E-state index in [1.165, 1.54) is 5.56 Å². The molecule has 1 fully saturated rings. The van der Waals surface area contributed by atoms with Crippen molar-refractivity contribution in [3.05, 3.63) is 53.7 Å². The van der Waals surface area contributed by atoms with Gasteiger partial charge in [0.2, 0.25) is 0 Å². The molecule has 1 unspecified atom stereocenters. The molecule has 1 amide bonds. The maximum Gasteiger partial charge on any atom is 0.263 e. The molecule has 3 rings (SSSR count). The molecule has 1 aromatic heterocycles. The molecule has 0 aliphatic carbocycles. The van der Waals surface area contributed by atoms with E-state index in [9.17, 15) is 4.79 Å². The minimum Gasteiger partial charge on any atom is -0.481 e. The number of hydrogen-bond acceptors (Lipinski definition) is 4. The molecule has 138 valence electrons. The zero-order valence-electron chi connectivity index (χ0n) is 15.7. The van der Waals surface area contributed by atoms with E-state index in [-0.39, 0.29) is 5.91 Å². The fraction of sp³-hybridized carbons (Fsp3) is 0.429. The van der Waals surface area contributed by atoms with Gasteiger partial charge in [0.15, 0.2) is 6.10 Å². The number of aryl methyl sites for hydroxylation is 2. The Labute approximate surface area is 155 Å². The monoisotopic (exact) mass is 353 g/mol. The molecular weight excluding hydrogens is 326 g/mol. The Morgan fingerprint density at radius 2 is 1.85 bits per heavy atom. The van der Waals surface area contributed by atoms with Gasteiger partial charge in [-0.05, 0) is 57.9 Å². The van der Waals surface area contributed by atoms with Gasteiger partial charge in [-0.1, -0.05) is 23.8 Å². The van der Waals surface area contributed by atoms with E-state index in [2.05, 4.69) is 10.3 Å². The SMILES string of the molecule is Cc1ccc(OC(C)C(=O)N2CCC(Nc3cccc(C)n3)CC2)cc1. The Morgan fingerprint density at radius 3 is 2.50 bits per heavy atom. The summed E-state index contributed by atoms with van der Waals surface area (Å²) in [5.74, 6) is 1.70. The molecule has 1 aliphatic rings. The minimum atomic E-state index is -0.472. The zero-order chi connectivity index (χ0) is 18.5. The van der Waals surface area contributed by atoms with E-state index < -0.39 is 6.10 Å². The summed E-state index contributed by atoms with van der Waals surface area (Å²) in [7, 11) is 0. The summed E-state index contributed by atoms with van der Waals surface area (Å²) in [5, 5.41) is 3.48. The summed E-state index contributed by atoms with van der Waals surface area (Å²) in [6.07, 6.45) is 1.36. The summed E-state index contributed by atoms with van der Waals surface area (Å²) in [6.45, 7) is 7.32. The molecule has 1 aromatic carbocycles. The van der Waals surface area contributed by atoms with Crippen molar-refractivity contribution < 1.29 is 9.53 Å². The molecule has 1 saturated heterocycles. The molecule has 0 saturated carbocycles. The highest BCUT2D eigenvalue weighted by atomic mass is 16.5. The van der Waals surface area contributed by atoms with Crippen LogP contribution >= 0.6 is 0 Å². The molecule has 1 aliphatic heterocycles. The molecular formula is C21H27N3O2. The van der Waals surface area contributed by atoms with Crippen LogP contribution in [0.25, 0.3) is 0 Å². The van der Waals surface area contributed by atoms with Crippen LogP contribution < -0.4 is 10.1 Å². The van der Waals surface area contributed by atoms with Crippen LogP contribution in [-0.2, 0) is 4.79 Å². The van der Waals surface area contributed by atoms with Crippen molar-refractivity contribution in [1.82, 2.24) is 9.88 Å². The highest BCUT2D eigenvalue weighted by Crippen LogP contribution is 2.18. The summed E-state index contributed by atoms with van der Waals surface area (Å²) in [6, 6.07) is 14.1. The smallest absolute Gasteiger partial charge is 0.263 e. The standard InChI is InChI=1S/C21H27N3O2/c1-15-7-9-19(10-8-15)26-17(3)21(25)24-13-11-18(12-14-24)23-20-6-4-5-16(2)22-20/h4-10,17-18H,11-14H2,1-3H3,(H,22,23). The van der Waals surface area contributed by atoms with E-state index in [0.717, 1.165) is 43.2 Å². The van der Waals surface area contributed by atoms with Gasteiger partial charge in [0.1, 0.15) is 11.6 Å². The largest absolute Gasteiger partial charge is 0.481 e. The summed E-state index contributed by atoms with van der Waals surface area (Å²) < 4.78 is 5.80. The lowest BCUT2D eigenvalue weighted by Crippen LogP contribution is -2.47. The number of nitrogens with zero attached hydrogens (tertiary/aromatic N) is 2. The van der Waals surface area contributed by atoms with E-state index in [1.54, 1.807) is 0 Å². The van der Waals surface area contributed by atoms with Crippen LogP contribution in [0.15, 0.2) is 42.5 Å². The summed E-state index contributed by atoms with van der Waals surface area (Å²) >= 11 is 0. The van der Waals surface area contributed by atoms with E-state index in [1.807, 2.05) is 68.1 Å². The van der Waals surface area contributed by atoms with Crippen LogP contribution in [0.2, 0.25) is 0 Å². The van der Waals surface area contributed by atoms with Gasteiger partial charge in [0.05, 0.1) is 0 Å². The van der Waals surface area contributed by atoms with Gasteiger partial charge in [-0.2, -0.15) is 0 Å². The number of anilines is 1. The van der Waals surface area contributed by atoms with Gasteiger partial charge < -0.3 is 15.0 Å². The number of piperidine rings is 1. The number of pyridine rings is 1. The Hall–Kier alpha value is -2.56. The van der Waals surface area contributed by atoms with Crippen LogP contribution in [0.1, 0.15) is 31.0 Å². The third-order valence-electron chi connectivity index (χ3n) is 4.73. The first-order valence-electron chi connectivity index (χ1n) is 9.23. The molecule has 1 atom stereocenters. The predicted octanol–water partition coefficient (Wildman–Crippen LogP) is 3.57. The lowest BCUT2D eigenvalue weighted by Gasteiger charge is -2.34. The average molecular weight is 353 g/mol. The third kappa shape index (κ3) is 4.75. The number of likely N-dealkylation sites (tertiary alicyclic amines) is 1. The van der Waals surface area contributed by atoms with Crippen molar-refractivity contribution in [1.29, 1.82) is 0 Å². The number of aromatic nitrogens is 1. The number of ether oxygens (including phenoxy) is 1. The molecule has 2 heterocycles. The number of amides is 1. The van der Waals surface area contributed by atoms with Gasteiger partial charge in [-0.25, -0.2) is 4.98 Å². The van der Waals surface area contributed by atoms with Crippen LogP contribution in [0.5, 0.6) is 5.75 Å². The lowest BCUT2D eigenvalue weighted by molar-refractivity contribution is -0.138. The van der Waals surface area contributed by atoms with Gasteiger partial charge in [-0.3, -0.25) is 4.79 Å². The van der Waals surface area contributed by atoms with E-state index in [4.69, 9.17) is 4.74 Å². The normalized spacial score (nSPS) is 16.2. The third-order valence-corrected chi connectivity index (χ3v) is 4.73. The second-order valence-corrected chi connectivity index (χ2v) is 6.98. The van der Waals surface area contributed by atoms with E-state index >= 15 is 0 Å². The van der Waals surface area contributed by atoms with Crippen molar-refractivity contribution in [3.63, 3.8) is 0 Å². The highest BCUT2D eigenvalue weighted by Gasteiger charge is 2.27. The first-order chi connectivity index (χ1) is 12.5. The Balaban J connectivity index is 1.49. The fourth-order valence-corrected chi connectivity index (χ4v) is 3.21. The van der Waals surface area contributed by atoms with Crippen LogP contribution in [0.3, 0.4) is 0 Å².